The summed E-state index contributed by atoms with van der Waals surface area (Å²) < 4.78 is 4.78. The van der Waals surface area contributed by atoms with Crippen LogP contribution in [-0.2, 0) is 9.53 Å². The van der Waals surface area contributed by atoms with Gasteiger partial charge in [0, 0.05) is 31.7 Å². The molecule has 2 rings (SSSR count). The van der Waals surface area contributed by atoms with Crippen LogP contribution in [0.4, 0.5) is 5.69 Å². The van der Waals surface area contributed by atoms with Gasteiger partial charge in [0.05, 0.1) is 12.7 Å². The van der Waals surface area contributed by atoms with Crippen LogP contribution in [0.3, 0.4) is 0 Å². The Bertz CT molecular complexity index is 494. The smallest absolute Gasteiger partial charge is 0.339 e. The van der Waals surface area contributed by atoms with Crippen LogP contribution in [-0.4, -0.2) is 43.0 Å². The first-order valence-corrected chi connectivity index (χ1v) is 6.81. The summed E-state index contributed by atoms with van der Waals surface area (Å²) in [6.45, 7) is 3.11. The molecule has 1 aliphatic rings. The van der Waals surface area contributed by atoms with Crippen LogP contribution in [0.15, 0.2) is 24.3 Å². The number of para-hydroxylation sites is 1. The molecule has 0 atom stereocenters. The molecule has 5 heteroatoms. The third kappa shape index (κ3) is 3.29. The number of hydrogen-bond acceptors (Lipinski definition) is 4. The SMILES string of the molecule is COC(=O)c1ccccc1NC1CCN(C(C)=O)CC1. The Labute approximate surface area is 118 Å². The molecule has 1 amide bonds. The first kappa shape index (κ1) is 14.4. The number of methoxy groups -OCH3 is 1. The van der Waals surface area contributed by atoms with E-state index in [9.17, 15) is 9.59 Å². The van der Waals surface area contributed by atoms with Crippen molar-refractivity contribution < 1.29 is 14.3 Å². The highest BCUT2D eigenvalue weighted by molar-refractivity contribution is 5.95. The second-order valence-electron chi connectivity index (χ2n) is 4.96. The number of rotatable bonds is 3. The van der Waals surface area contributed by atoms with Crippen molar-refractivity contribution in [3.05, 3.63) is 29.8 Å². The molecule has 0 spiro atoms. The number of carbonyl (C=O) groups is 2. The Kier molecular flexibility index (Phi) is 4.61. The van der Waals surface area contributed by atoms with Crippen molar-refractivity contribution in [1.82, 2.24) is 4.90 Å². The highest BCUT2D eigenvalue weighted by Crippen LogP contribution is 2.21. The second kappa shape index (κ2) is 6.41. The molecule has 1 heterocycles. The van der Waals surface area contributed by atoms with Gasteiger partial charge in [-0.3, -0.25) is 4.79 Å². The summed E-state index contributed by atoms with van der Waals surface area (Å²) >= 11 is 0. The zero-order valence-corrected chi connectivity index (χ0v) is 11.9. The summed E-state index contributed by atoms with van der Waals surface area (Å²) in [4.78, 5) is 24.8. The topological polar surface area (TPSA) is 58.6 Å². The number of piperidine rings is 1. The number of benzene rings is 1. The maximum Gasteiger partial charge on any atom is 0.339 e. The number of anilines is 1. The first-order valence-electron chi connectivity index (χ1n) is 6.81. The summed E-state index contributed by atoms with van der Waals surface area (Å²) in [6, 6.07) is 7.61. The molecule has 0 aromatic heterocycles. The molecule has 1 aliphatic heterocycles. The molecule has 0 unspecified atom stereocenters. The highest BCUT2D eigenvalue weighted by atomic mass is 16.5. The lowest BCUT2D eigenvalue weighted by molar-refractivity contribution is -0.129. The van der Waals surface area contributed by atoms with E-state index in [2.05, 4.69) is 5.32 Å². The van der Waals surface area contributed by atoms with E-state index in [1.165, 1.54) is 7.11 Å². The summed E-state index contributed by atoms with van der Waals surface area (Å²) in [5, 5.41) is 3.39. The van der Waals surface area contributed by atoms with Gasteiger partial charge in [-0.15, -0.1) is 0 Å². The average molecular weight is 276 g/mol. The van der Waals surface area contributed by atoms with Crippen molar-refractivity contribution in [2.75, 3.05) is 25.5 Å². The molecule has 1 fully saturated rings. The molecule has 1 aromatic rings. The van der Waals surface area contributed by atoms with E-state index in [-0.39, 0.29) is 17.9 Å². The van der Waals surface area contributed by atoms with Gasteiger partial charge in [0.25, 0.3) is 0 Å². The van der Waals surface area contributed by atoms with Crippen LogP contribution in [0.2, 0.25) is 0 Å². The summed E-state index contributed by atoms with van der Waals surface area (Å²) in [5.74, 6) is -0.215. The molecule has 1 aromatic carbocycles. The first-order chi connectivity index (χ1) is 9.61. The molecule has 0 aliphatic carbocycles. The standard InChI is InChI=1S/C15H20N2O3/c1-11(18)17-9-7-12(8-10-17)16-14-6-4-3-5-13(14)15(19)20-2/h3-6,12,16H,7-10H2,1-2H3. The van der Waals surface area contributed by atoms with Crippen molar-refractivity contribution in [1.29, 1.82) is 0 Å². The molecule has 0 bridgehead atoms. The van der Waals surface area contributed by atoms with Gasteiger partial charge < -0.3 is 15.0 Å². The Morgan fingerprint density at radius 3 is 2.50 bits per heavy atom. The maximum absolute atomic E-state index is 11.7. The van der Waals surface area contributed by atoms with Crippen LogP contribution in [0.5, 0.6) is 0 Å². The molecular formula is C15H20N2O3. The molecule has 1 saturated heterocycles. The van der Waals surface area contributed by atoms with Crippen LogP contribution < -0.4 is 5.32 Å². The number of ether oxygens (including phenoxy) is 1. The van der Waals surface area contributed by atoms with Crippen LogP contribution >= 0.6 is 0 Å². The summed E-state index contributed by atoms with van der Waals surface area (Å²) in [6.07, 6.45) is 1.77. The normalized spacial score (nSPS) is 15.8. The van der Waals surface area contributed by atoms with E-state index in [4.69, 9.17) is 4.74 Å². The lowest BCUT2D eigenvalue weighted by atomic mass is 10.0. The van der Waals surface area contributed by atoms with E-state index in [0.29, 0.717) is 5.56 Å². The minimum Gasteiger partial charge on any atom is -0.465 e. The molecule has 20 heavy (non-hydrogen) atoms. The lowest BCUT2D eigenvalue weighted by Gasteiger charge is -2.32. The maximum atomic E-state index is 11.7. The highest BCUT2D eigenvalue weighted by Gasteiger charge is 2.22. The Hall–Kier alpha value is -2.04. The third-order valence-electron chi connectivity index (χ3n) is 3.63. The fraction of sp³-hybridized carbons (Fsp3) is 0.467. The van der Waals surface area contributed by atoms with Crippen molar-refractivity contribution >= 4 is 17.6 Å². The Balaban J connectivity index is 2.01. The fourth-order valence-corrected chi connectivity index (χ4v) is 2.46. The van der Waals surface area contributed by atoms with Crippen LogP contribution in [0.25, 0.3) is 0 Å². The fourth-order valence-electron chi connectivity index (χ4n) is 2.46. The van der Waals surface area contributed by atoms with Gasteiger partial charge >= 0.3 is 5.97 Å². The molecule has 0 saturated carbocycles. The van der Waals surface area contributed by atoms with Gasteiger partial charge in [0.15, 0.2) is 0 Å². The minimum atomic E-state index is -0.339. The Morgan fingerprint density at radius 2 is 1.90 bits per heavy atom. The van der Waals surface area contributed by atoms with Gasteiger partial charge in [0.2, 0.25) is 5.91 Å². The summed E-state index contributed by atoms with van der Waals surface area (Å²) in [7, 11) is 1.38. The number of esters is 1. The van der Waals surface area contributed by atoms with Crippen molar-refractivity contribution in [2.45, 2.75) is 25.8 Å². The van der Waals surface area contributed by atoms with Gasteiger partial charge in [-0.2, -0.15) is 0 Å². The summed E-state index contributed by atoms with van der Waals surface area (Å²) in [5.41, 5.74) is 1.34. The molecule has 5 nitrogen and oxygen atoms in total. The monoisotopic (exact) mass is 276 g/mol. The Morgan fingerprint density at radius 1 is 1.25 bits per heavy atom. The largest absolute Gasteiger partial charge is 0.465 e. The van der Waals surface area contributed by atoms with E-state index < -0.39 is 0 Å². The van der Waals surface area contributed by atoms with E-state index >= 15 is 0 Å². The van der Waals surface area contributed by atoms with E-state index in [0.717, 1.165) is 31.6 Å². The quantitative estimate of drug-likeness (QED) is 0.857. The van der Waals surface area contributed by atoms with Crippen LogP contribution in [0, 0.1) is 0 Å². The van der Waals surface area contributed by atoms with Gasteiger partial charge in [-0.05, 0) is 25.0 Å². The van der Waals surface area contributed by atoms with Crippen molar-refractivity contribution in [3.8, 4) is 0 Å². The predicted octanol–water partition coefficient (Wildman–Crippen LogP) is 1.90. The zero-order chi connectivity index (χ0) is 14.5. The van der Waals surface area contributed by atoms with Crippen molar-refractivity contribution in [3.63, 3.8) is 0 Å². The number of nitrogens with one attached hydrogen (secondary N) is 1. The number of amides is 1. The number of hydrogen-bond donors (Lipinski definition) is 1. The van der Waals surface area contributed by atoms with Gasteiger partial charge in [0.1, 0.15) is 0 Å². The van der Waals surface area contributed by atoms with E-state index in [1.807, 2.05) is 23.1 Å². The number of likely N-dealkylation sites (tertiary alicyclic amines) is 1. The lowest BCUT2D eigenvalue weighted by Crippen LogP contribution is -2.41. The number of carbonyl (C=O) groups excluding carboxylic acids is 2. The third-order valence-corrected chi connectivity index (χ3v) is 3.63. The van der Waals surface area contributed by atoms with Gasteiger partial charge in [-0.1, -0.05) is 12.1 Å². The molecule has 108 valence electrons. The molecule has 1 N–H and O–H groups in total. The zero-order valence-electron chi connectivity index (χ0n) is 11.9. The molecule has 0 radical (unpaired) electrons. The van der Waals surface area contributed by atoms with E-state index in [1.54, 1.807) is 13.0 Å². The average Bonchev–Trinajstić information content (AvgIpc) is 2.47. The van der Waals surface area contributed by atoms with Gasteiger partial charge in [-0.25, -0.2) is 4.79 Å². The minimum absolute atomic E-state index is 0.124. The molecular weight excluding hydrogens is 256 g/mol. The van der Waals surface area contributed by atoms with Crippen LogP contribution in [0.1, 0.15) is 30.1 Å². The number of nitrogens with zero attached hydrogens (tertiary/aromatic N) is 1. The second-order valence-corrected chi connectivity index (χ2v) is 4.96. The van der Waals surface area contributed by atoms with Crippen molar-refractivity contribution in [2.24, 2.45) is 0 Å². The predicted molar refractivity (Wildman–Crippen MR) is 76.7 cm³/mol.